The number of rotatable bonds is 7. The predicted octanol–water partition coefficient (Wildman–Crippen LogP) is 4.55. The number of para-hydroxylation sites is 1. The van der Waals surface area contributed by atoms with Crippen LogP contribution in [0.3, 0.4) is 0 Å². The number of nitrogens with one attached hydrogen (secondary N) is 2. The van der Waals surface area contributed by atoms with E-state index in [1.807, 2.05) is 19.1 Å². The van der Waals surface area contributed by atoms with Crippen LogP contribution in [0.1, 0.15) is 48.4 Å². The fraction of sp³-hybridized carbons (Fsp3) is 0.381. The smallest absolute Gasteiger partial charge is 0.225 e. The van der Waals surface area contributed by atoms with Crippen molar-refractivity contribution in [1.82, 2.24) is 5.32 Å². The summed E-state index contributed by atoms with van der Waals surface area (Å²) in [4.78, 5) is 12.3. The molecule has 0 radical (unpaired) electrons. The van der Waals surface area contributed by atoms with Crippen LogP contribution in [0.5, 0.6) is 0 Å². The topological polar surface area (TPSA) is 41.1 Å². The summed E-state index contributed by atoms with van der Waals surface area (Å²) >= 11 is 0. The van der Waals surface area contributed by atoms with Gasteiger partial charge in [-0.25, -0.2) is 0 Å². The van der Waals surface area contributed by atoms with E-state index in [0.29, 0.717) is 18.9 Å². The minimum absolute atomic E-state index is 0.0583. The van der Waals surface area contributed by atoms with E-state index in [4.69, 9.17) is 0 Å². The number of benzene rings is 2. The van der Waals surface area contributed by atoms with Gasteiger partial charge in [0.25, 0.3) is 0 Å². The molecular formula is C21H28N2O. The molecule has 0 aliphatic carbocycles. The Bertz CT molecular complexity index is 692. The molecule has 0 aliphatic heterocycles. The van der Waals surface area contributed by atoms with Gasteiger partial charge in [0.1, 0.15) is 0 Å². The molecule has 0 saturated carbocycles. The van der Waals surface area contributed by atoms with Crippen molar-refractivity contribution in [1.29, 1.82) is 0 Å². The molecule has 0 bridgehead atoms. The lowest BCUT2D eigenvalue weighted by Crippen LogP contribution is -2.22. The maximum atomic E-state index is 12.3. The molecule has 0 fully saturated rings. The molecule has 128 valence electrons. The second kappa shape index (κ2) is 8.65. The van der Waals surface area contributed by atoms with Crippen LogP contribution in [0.2, 0.25) is 0 Å². The first kappa shape index (κ1) is 18.2. The van der Waals surface area contributed by atoms with Crippen molar-refractivity contribution in [2.24, 2.45) is 0 Å². The average Bonchev–Trinajstić information content (AvgIpc) is 2.53. The van der Waals surface area contributed by atoms with Crippen molar-refractivity contribution in [2.75, 3.05) is 11.9 Å². The van der Waals surface area contributed by atoms with Crippen LogP contribution < -0.4 is 10.6 Å². The zero-order valence-electron chi connectivity index (χ0n) is 15.1. The quantitative estimate of drug-likeness (QED) is 0.734. The number of amides is 1. The van der Waals surface area contributed by atoms with Gasteiger partial charge in [0, 0.05) is 25.2 Å². The second-order valence-corrected chi connectivity index (χ2v) is 6.66. The fourth-order valence-corrected chi connectivity index (χ4v) is 2.80. The molecule has 24 heavy (non-hydrogen) atoms. The number of hydrogen-bond donors (Lipinski definition) is 2. The minimum Gasteiger partial charge on any atom is -0.326 e. The summed E-state index contributed by atoms with van der Waals surface area (Å²) in [6.45, 7) is 9.88. The molecule has 0 aromatic heterocycles. The highest BCUT2D eigenvalue weighted by Crippen LogP contribution is 2.27. The molecular weight excluding hydrogens is 296 g/mol. The van der Waals surface area contributed by atoms with E-state index in [2.05, 4.69) is 61.7 Å². The third kappa shape index (κ3) is 5.20. The van der Waals surface area contributed by atoms with Gasteiger partial charge in [-0.1, -0.05) is 61.9 Å². The Morgan fingerprint density at radius 2 is 1.83 bits per heavy atom. The summed E-state index contributed by atoms with van der Waals surface area (Å²) in [5, 5.41) is 6.43. The van der Waals surface area contributed by atoms with Gasteiger partial charge in [-0.05, 0) is 36.5 Å². The molecule has 0 spiro atoms. The molecule has 2 N–H and O–H groups in total. The monoisotopic (exact) mass is 324 g/mol. The van der Waals surface area contributed by atoms with Crippen molar-refractivity contribution in [3.8, 4) is 0 Å². The van der Waals surface area contributed by atoms with Gasteiger partial charge in [-0.3, -0.25) is 4.79 Å². The Morgan fingerprint density at radius 3 is 2.54 bits per heavy atom. The van der Waals surface area contributed by atoms with E-state index < -0.39 is 0 Å². The number of hydrogen-bond acceptors (Lipinski definition) is 2. The highest BCUT2D eigenvalue weighted by Gasteiger charge is 2.11. The highest BCUT2D eigenvalue weighted by molar-refractivity contribution is 5.92. The van der Waals surface area contributed by atoms with Crippen LogP contribution in [0, 0.1) is 13.8 Å². The second-order valence-electron chi connectivity index (χ2n) is 6.66. The maximum absolute atomic E-state index is 12.3. The molecule has 0 saturated heterocycles. The lowest BCUT2D eigenvalue weighted by Gasteiger charge is -2.16. The zero-order chi connectivity index (χ0) is 17.5. The number of carbonyl (C=O) groups excluding carboxylic acids is 1. The van der Waals surface area contributed by atoms with Gasteiger partial charge >= 0.3 is 0 Å². The Hall–Kier alpha value is -2.13. The van der Waals surface area contributed by atoms with Crippen LogP contribution in [-0.2, 0) is 11.3 Å². The number of anilines is 1. The van der Waals surface area contributed by atoms with Crippen LogP contribution in [-0.4, -0.2) is 12.5 Å². The van der Waals surface area contributed by atoms with Crippen LogP contribution in [0.25, 0.3) is 0 Å². The lowest BCUT2D eigenvalue weighted by atomic mass is 9.98. The Balaban J connectivity index is 1.84. The van der Waals surface area contributed by atoms with Gasteiger partial charge < -0.3 is 10.6 Å². The molecule has 2 aromatic rings. The van der Waals surface area contributed by atoms with Crippen molar-refractivity contribution in [3.05, 3.63) is 64.7 Å². The molecule has 0 heterocycles. The van der Waals surface area contributed by atoms with Crippen molar-refractivity contribution < 1.29 is 4.79 Å². The number of carbonyl (C=O) groups is 1. The van der Waals surface area contributed by atoms with Gasteiger partial charge in [0.05, 0.1) is 0 Å². The van der Waals surface area contributed by atoms with E-state index in [1.165, 1.54) is 16.7 Å². The van der Waals surface area contributed by atoms with Gasteiger partial charge in [-0.15, -0.1) is 0 Å². The SMILES string of the molecule is Cc1cccc(CNCCC(=O)Nc2c(C)cccc2C(C)C)c1. The Kier molecular flexibility index (Phi) is 6.56. The Morgan fingerprint density at radius 1 is 1.08 bits per heavy atom. The van der Waals surface area contributed by atoms with Crippen LogP contribution in [0.4, 0.5) is 5.69 Å². The third-order valence-electron chi connectivity index (χ3n) is 4.13. The van der Waals surface area contributed by atoms with Gasteiger partial charge in [0.2, 0.25) is 5.91 Å². The first-order valence-corrected chi connectivity index (χ1v) is 8.63. The molecule has 0 atom stereocenters. The van der Waals surface area contributed by atoms with Crippen molar-refractivity contribution in [2.45, 2.75) is 46.6 Å². The average molecular weight is 324 g/mol. The minimum atomic E-state index is 0.0583. The molecule has 3 heteroatoms. The van der Waals surface area contributed by atoms with Crippen LogP contribution >= 0.6 is 0 Å². The molecule has 0 unspecified atom stereocenters. The largest absolute Gasteiger partial charge is 0.326 e. The molecule has 1 amide bonds. The summed E-state index contributed by atoms with van der Waals surface area (Å²) in [6, 6.07) is 14.6. The van der Waals surface area contributed by atoms with Crippen molar-refractivity contribution in [3.63, 3.8) is 0 Å². The predicted molar refractivity (Wildman–Crippen MR) is 101 cm³/mol. The molecule has 2 rings (SSSR count). The first-order chi connectivity index (χ1) is 11.5. The molecule has 3 nitrogen and oxygen atoms in total. The standard InChI is InChI=1S/C21H28N2O/c1-15(2)19-10-6-8-17(4)21(19)23-20(24)11-12-22-14-18-9-5-7-16(3)13-18/h5-10,13,15,22H,11-12,14H2,1-4H3,(H,23,24). The lowest BCUT2D eigenvalue weighted by molar-refractivity contribution is -0.116. The fourth-order valence-electron chi connectivity index (χ4n) is 2.80. The van der Waals surface area contributed by atoms with E-state index in [9.17, 15) is 4.79 Å². The summed E-state index contributed by atoms with van der Waals surface area (Å²) in [5.41, 5.74) is 5.78. The first-order valence-electron chi connectivity index (χ1n) is 8.63. The van der Waals surface area contributed by atoms with E-state index in [0.717, 1.165) is 17.8 Å². The van der Waals surface area contributed by atoms with E-state index in [-0.39, 0.29) is 5.91 Å². The van der Waals surface area contributed by atoms with Crippen molar-refractivity contribution >= 4 is 11.6 Å². The summed E-state index contributed by atoms with van der Waals surface area (Å²) in [5.74, 6) is 0.447. The maximum Gasteiger partial charge on any atom is 0.225 e. The molecule has 0 aliphatic rings. The van der Waals surface area contributed by atoms with E-state index in [1.54, 1.807) is 0 Å². The third-order valence-corrected chi connectivity index (χ3v) is 4.13. The number of aryl methyl sites for hydroxylation is 2. The zero-order valence-corrected chi connectivity index (χ0v) is 15.1. The highest BCUT2D eigenvalue weighted by atomic mass is 16.1. The molecule has 2 aromatic carbocycles. The van der Waals surface area contributed by atoms with Crippen LogP contribution in [0.15, 0.2) is 42.5 Å². The summed E-state index contributed by atoms with van der Waals surface area (Å²) in [6.07, 6.45) is 0.470. The Labute approximate surface area is 145 Å². The normalized spacial score (nSPS) is 10.9. The summed E-state index contributed by atoms with van der Waals surface area (Å²) < 4.78 is 0. The summed E-state index contributed by atoms with van der Waals surface area (Å²) in [7, 11) is 0. The van der Waals surface area contributed by atoms with E-state index >= 15 is 0 Å². The van der Waals surface area contributed by atoms with Gasteiger partial charge in [-0.2, -0.15) is 0 Å². The van der Waals surface area contributed by atoms with Gasteiger partial charge in [0.15, 0.2) is 0 Å².